The molecule has 1 aliphatic heterocycles. The van der Waals surface area contributed by atoms with Crippen LogP contribution < -0.4 is 10.6 Å². The fraction of sp³-hybridized carbons (Fsp3) is 0.333. The van der Waals surface area contributed by atoms with E-state index in [4.69, 9.17) is 4.74 Å². The molecule has 0 aliphatic carbocycles. The number of rotatable bonds is 3. The van der Waals surface area contributed by atoms with E-state index in [2.05, 4.69) is 25.6 Å². The minimum absolute atomic E-state index is 0.0397. The molecule has 3 aromatic rings. The Hall–Kier alpha value is -3.54. The van der Waals surface area contributed by atoms with Crippen molar-refractivity contribution in [1.29, 1.82) is 0 Å². The molecule has 2 aromatic heterocycles. The Bertz CT molecular complexity index is 1200. The van der Waals surface area contributed by atoms with E-state index in [0.717, 1.165) is 4.90 Å². The second-order valence-electron chi connectivity index (χ2n) is 7.50. The molecule has 1 aromatic carbocycles. The maximum absolute atomic E-state index is 14.6. The zero-order valence-corrected chi connectivity index (χ0v) is 17.7. The summed E-state index contributed by atoms with van der Waals surface area (Å²) >= 11 is 0. The number of ether oxygens (including phenoxy) is 1. The highest BCUT2D eigenvalue weighted by molar-refractivity contribution is 5.91. The number of aryl methyl sites for hydroxylation is 1. The van der Waals surface area contributed by atoms with Crippen LogP contribution in [0.15, 0.2) is 30.6 Å². The van der Waals surface area contributed by atoms with Crippen LogP contribution >= 0.6 is 0 Å². The molecular formula is C21H20F4N6O2. The molecule has 4 rings (SSSR count). The maximum Gasteiger partial charge on any atom is 0.416 e. The molecule has 0 bridgehead atoms. The van der Waals surface area contributed by atoms with Gasteiger partial charge in [0.05, 0.1) is 18.8 Å². The fourth-order valence-electron chi connectivity index (χ4n) is 3.50. The number of hydrogen-bond donors (Lipinski definition) is 2. The lowest BCUT2D eigenvalue weighted by Gasteiger charge is -2.33. The number of amides is 2. The van der Waals surface area contributed by atoms with Gasteiger partial charge in [0, 0.05) is 36.9 Å². The van der Waals surface area contributed by atoms with Crippen LogP contribution in [0.2, 0.25) is 0 Å². The minimum Gasteiger partial charge on any atom is -0.365 e. The number of nitrogens with zero attached hydrogens (tertiary/aromatic N) is 4. The van der Waals surface area contributed by atoms with Crippen LogP contribution in [-0.2, 0) is 4.74 Å². The van der Waals surface area contributed by atoms with Gasteiger partial charge in [0.25, 0.3) is 0 Å². The molecule has 3 heterocycles. The monoisotopic (exact) mass is 464 g/mol. The molecule has 1 saturated heterocycles. The Morgan fingerprint density at radius 2 is 2.00 bits per heavy atom. The first-order chi connectivity index (χ1) is 15.7. The first-order valence-electron chi connectivity index (χ1n) is 10.0. The second-order valence-corrected chi connectivity index (χ2v) is 7.50. The zero-order valence-electron chi connectivity index (χ0n) is 17.7. The third kappa shape index (κ3) is 4.80. The number of aromatic nitrogens is 3. The van der Waals surface area contributed by atoms with Crippen LogP contribution in [0.25, 0.3) is 22.2 Å². The highest BCUT2D eigenvalue weighted by Crippen LogP contribution is 2.31. The second kappa shape index (κ2) is 8.77. The summed E-state index contributed by atoms with van der Waals surface area (Å²) < 4.78 is 58.1. The predicted octanol–water partition coefficient (Wildman–Crippen LogP) is 3.98. The highest BCUT2D eigenvalue weighted by atomic mass is 19.4. The van der Waals surface area contributed by atoms with Crippen molar-refractivity contribution in [2.75, 3.05) is 37.4 Å². The summed E-state index contributed by atoms with van der Waals surface area (Å²) in [7, 11) is 1.69. The van der Waals surface area contributed by atoms with Gasteiger partial charge in [-0.05, 0) is 36.2 Å². The van der Waals surface area contributed by atoms with Gasteiger partial charge in [0.15, 0.2) is 11.8 Å². The first kappa shape index (κ1) is 22.6. The van der Waals surface area contributed by atoms with Crippen LogP contribution in [0.1, 0.15) is 5.56 Å². The minimum atomic E-state index is -4.60. The molecule has 1 atom stereocenters. The molecule has 174 valence electrons. The van der Waals surface area contributed by atoms with Crippen LogP contribution in [0.5, 0.6) is 0 Å². The number of morpholine rings is 1. The third-order valence-electron chi connectivity index (χ3n) is 5.24. The number of benzene rings is 1. The van der Waals surface area contributed by atoms with Gasteiger partial charge in [-0.1, -0.05) is 0 Å². The Labute approximate surface area is 186 Å². The Morgan fingerprint density at radius 1 is 1.21 bits per heavy atom. The first-order valence-corrected chi connectivity index (χ1v) is 10.0. The van der Waals surface area contributed by atoms with E-state index in [0.29, 0.717) is 33.7 Å². The maximum atomic E-state index is 14.6. The van der Waals surface area contributed by atoms with Gasteiger partial charge in [0.2, 0.25) is 5.95 Å². The van der Waals surface area contributed by atoms with E-state index in [9.17, 15) is 22.4 Å². The molecule has 1 aliphatic rings. The number of carbonyl (C=O) groups is 1. The van der Waals surface area contributed by atoms with Crippen molar-refractivity contribution in [3.8, 4) is 11.1 Å². The summed E-state index contributed by atoms with van der Waals surface area (Å²) in [6, 6.07) is 3.61. The van der Waals surface area contributed by atoms with E-state index in [-0.39, 0.29) is 18.8 Å². The smallest absolute Gasteiger partial charge is 0.365 e. The van der Waals surface area contributed by atoms with Gasteiger partial charge in [-0.15, -0.1) is 0 Å². The summed E-state index contributed by atoms with van der Waals surface area (Å²) in [5, 5.41) is 5.86. The van der Waals surface area contributed by atoms with E-state index in [1.165, 1.54) is 12.1 Å². The van der Waals surface area contributed by atoms with Crippen LogP contribution in [-0.4, -0.2) is 64.9 Å². The van der Waals surface area contributed by atoms with Crippen molar-refractivity contribution in [2.24, 2.45) is 0 Å². The standard InChI is InChI=1S/C21H20F4N6O2/c1-11-5-15(22)16(29-20(32)31-3-4-33-17(10-31)21(23,24)25)7-14(11)12-6-13-9-28-19(26-2)30-18(13)27-8-12/h5-9,17H,3-4,10H2,1-2H3,(H,29,32)(H,26,27,28,30)/t17-/m1/s1. The third-order valence-corrected chi connectivity index (χ3v) is 5.24. The summed E-state index contributed by atoms with van der Waals surface area (Å²) in [6.45, 7) is 0.727. The van der Waals surface area contributed by atoms with Crippen molar-refractivity contribution in [3.63, 3.8) is 0 Å². The number of alkyl halides is 3. The summed E-state index contributed by atoms with van der Waals surface area (Å²) in [5.74, 6) is -0.289. The van der Waals surface area contributed by atoms with Crippen LogP contribution in [0, 0.1) is 12.7 Å². The number of carbonyl (C=O) groups excluding carboxylic acids is 1. The Morgan fingerprint density at radius 3 is 2.73 bits per heavy atom. The number of urea groups is 1. The molecule has 8 nitrogen and oxygen atoms in total. The normalized spacial score (nSPS) is 16.7. The lowest BCUT2D eigenvalue weighted by molar-refractivity contribution is -0.233. The van der Waals surface area contributed by atoms with Gasteiger partial charge in [-0.2, -0.15) is 18.2 Å². The largest absolute Gasteiger partial charge is 0.416 e. The van der Waals surface area contributed by atoms with Crippen molar-refractivity contribution >= 4 is 28.7 Å². The van der Waals surface area contributed by atoms with Gasteiger partial charge < -0.3 is 20.3 Å². The van der Waals surface area contributed by atoms with Gasteiger partial charge >= 0.3 is 12.2 Å². The van der Waals surface area contributed by atoms with Crippen LogP contribution in [0.3, 0.4) is 0 Å². The van der Waals surface area contributed by atoms with Gasteiger partial charge in [-0.3, -0.25) is 0 Å². The SMILES string of the molecule is CNc1ncc2cc(-c3cc(NC(=O)N4CCO[C@@H](C(F)(F)F)C4)c(F)cc3C)cnc2n1. The van der Waals surface area contributed by atoms with E-state index in [1.807, 2.05) is 0 Å². The molecule has 33 heavy (non-hydrogen) atoms. The number of anilines is 2. The van der Waals surface area contributed by atoms with Crippen molar-refractivity contribution in [3.05, 3.63) is 42.0 Å². The Balaban J connectivity index is 1.60. The lowest BCUT2D eigenvalue weighted by atomic mass is 10.0. The van der Waals surface area contributed by atoms with E-state index >= 15 is 0 Å². The number of pyridine rings is 1. The van der Waals surface area contributed by atoms with Crippen molar-refractivity contribution < 1.29 is 27.1 Å². The quantitative estimate of drug-likeness (QED) is 0.570. The van der Waals surface area contributed by atoms with Crippen LogP contribution in [0.4, 0.5) is 34.0 Å². The Kier molecular flexibility index (Phi) is 6.02. The topological polar surface area (TPSA) is 92.3 Å². The van der Waals surface area contributed by atoms with Crippen molar-refractivity contribution in [2.45, 2.75) is 19.2 Å². The molecule has 0 spiro atoms. The molecular weight excluding hydrogens is 444 g/mol. The molecule has 12 heteroatoms. The molecule has 0 unspecified atom stereocenters. The zero-order chi connectivity index (χ0) is 23.8. The fourth-order valence-corrected chi connectivity index (χ4v) is 3.50. The summed E-state index contributed by atoms with van der Waals surface area (Å²) in [6.07, 6.45) is -3.51. The summed E-state index contributed by atoms with van der Waals surface area (Å²) in [4.78, 5) is 26.2. The summed E-state index contributed by atoms with van der Waals surface area (Å²) in [5.41, 5.74) is 2.13. The highest BCUT2D eigenvalue weighted by Gasteiger charge is 2.44. The van der Waals surface area contributed by atoms with E-state index < -0.39 is 30.7 Å². The molecule has 2 N–H and O–H groups in total. The molecule has 1 fully saturated rings. The number of halogens is 4. The molecule has 0 saturated carbocycles. The molecule has 2 amide bonds. The number of hydrogen-bond acceptors (Lipinski definition) is 6. The average molecular weight is 464 g/mol. The predicted molar refractivity (Wildman–Crippen MR) is 113 cm³/mol. The average Bonchev–Trinajstić information content (AvgIpc) is 2.79. The lowest BCUT2D eigenvalue weighted by Crippen LogP contribution is -2.52. The van der Waals surface area contributed by atoms with Gasteiger partial charge in [0.1, 0.15) is 5.82 Å². The van der Waals surface area contributed by atoms with E-state index in [1.54, 1.807) is 32.4 Å². The van der Waals surface area contributed by atoms with Crippen molar-refractivity contribution in [1.82, 2.24) is 19.9 Å². The number of fused-ring (bicyclic) bond motifs is 1. The number of nitrogens with one attached hydrogen (secondary N) is 2. The van der Waals surface area contributed by atoms with Gasteiger partial charge in [-0.25, -0.2) is 19.2 Å². The molecule has 0 radical (unpaired) electrons.